The van der Waals surface area contributed by atoms with E-state index in [2.05, 4.69) is 4.98 Å². The molecular formula is C19H18ClN3O. The molecular weight excluding hydrogens is 322 g/mol. The number of carbonyl (C=O) groups is 1. The number of fused-ring (bicyclic) bond motifs is 1. The highest BCUT2D eigenvalue weighted by Crippen LogP contribution is 2.28. The summed E-state index contributed by atoms with van der Waals surface area (Å²) < 4.78 is 0. The van der Waals surface area contributed by atoms with Crippen LogP contribution in [0.25, 0.3) is 11.0 Å². The summed E-state index contributed by atoms with van der Waals surface area (Å²) in [5.41, 5.74) is 2.59. The van der Waals surface area contributed by atoms with Crippen molar-refractivity contribution in [3.63, 3.8) is 0 Å². The second-order valence-electron chi connectivity index (χ2n) is 6.21. The van der Waals surface area contributed by atoms with Crippen molar-refractivity contribution < 1.29 is 4.79 Å². The van der Waals surface area contributed by atoms with E-state index in [-0.39, 0.29) is 11.8 Å². The topological polar surface area (TPSA) is 49.0 Å². The van der Waals surface area contributed by atoms with Crippen LogP contribution in [0.5, 0.6) is 0 Å². The monoisotopic (exact) mass is 339 g/mol. The molecule has 1 aromatic heterocycles. The van der Waals surface area contributed by atoms with Crippen LogP contribution in [0.4, 0.5) is 0 Å². The molecule has 1 saturated heterocycles. The number of imidazole rings is 1. The van der Waals surface area contributed by atoms with Crippen LogP contribution in [0.3, 0.4) is 0 Å². The second-order valence-corrected chi connectivity index (χ2v) is 6.62. The van der Waals surface area contributed by atoms with E-state index in [0.29, 0.717) is 17.1 Å². The molecule has 1 N–H and O–H groups in total. The van der Waals surface area contributed by atoms with E-state index in [1.807, 2.05) is 41.3 Å². The number of hydrogen-bond acceptors (Lipinski definition) is 2. The van der Waals surface area contributed by atoms with Gasteiger partial charge in [0, 0.05) is 19.0 Å². The van der Waals surface area contributed by atoms with E-state index >= 15 is 0 Å². The lowest BCUT2D eigenvalue weighted by Gasteiger charge is -2.32. The van der Waals surface area contributed by atoms with Crippen LogP contribution < -0.4 is 0 Å². The van der Waals surface area contributed by atoms with Crippen LogP contribution in [0.1, 0.15) is 34.9 Å². The maximum Gasteiger partial charge on any atom is 0.255 e. The zero-order chi connectivity index (χ0) is 16.5. The van der Waals surface area contributed by atoms with Gasteiger partial charge in [0.2, 0.25) is 0 Å². The molecule has 0 unspecified atom stereocenters. The average Bonchev–Trinajstić information content (AvgIpc) is 3.06. The predicted octanol–water partition coefficient (Wildman–Crippen LogP) is 4.24. The molecule has 1 atom stereocenters. The van der Waals surface area contributed by atoms with Crippen molar-refractivity contribution in [3.8, 4) is 0 Å². The fourth-order valence-electron chi connectivity index (χ4n) is 3.36. The Bertz CT molecular complexity index is 856. The number of aromatic nitrogens is 2. The first-order valence-electron chi connectivity index (χ1n) is 8.21. The fourth-order valence-corrected chi connectivity index (χ4v) is 3.57. The summed E-state index contributed by atoms with van der Waals surface area (Å²) in [7, 11) is 0. The van der Waals surface area contributed by atoms with Crippen molar-refractivity contribution in [2.75, 3.05) is 13.1 Å². The van der Waals surface area contributed by atoms with Gasteiger partial charge in [-0.2, -0.15) is 0 Å². The van der Waals surface area contributed by atoms with E-state index in [1.165, 1.54) is 0 Å². The molecule has 2 heterocycles. The summed E-state index contributed by atoms with van der Waals surface area (Å²) in [6.45, 7) is 1.44. The molecule has 1 amide bonds. The first-order valence-corrected chi connectivity index (χ1v) is 8.58. The lowest BCUT2D eigenvalue weighted by atomic mass is 9.96. The van der Waals surface area contributed by atoms with Crippen molar-refractivity contribution in [3.05, 3.63) is 64.9 Å². The SMILES string of the molecule is O=C(c1ccccc1Cl)N1CCC[C@H](c2nc3ccccc3[nH]2)C1. The standard InChI is InChI=1S/C19H18ClN3O/c20-15-8-2-1-7-14(15)19(24)23-11-5-6-13(12-23)18-21-16-9-3-4-10-17(16)22-18/h1-4,7-10,13H,5-6,11-12H2,(H,21,22)/t13-/m0/s1. The number of aromatic amines is 1. The molecule has 0 bridgehead atoms. The molecule has 5 heteroatoms. The quantitative estimate of drug-likeness (QED) is 0.759. The zero-order valence-corrected chi connectivity index (χ0v) is 14.0. The molecule has 0 aliphatic carbocycles. The van der Waals surface area contributed by atoms with E-state index in [4.69, 9.17) is 16.6 Å². The summed E-state index contributed by atoms with van der Waals surface area (Å²) in [4.78, 5) is 22.8. The van der Waals surface area contributed by atoms with Crippen molar-refractivity contribution in [1.29, 1.82) is 0 Å². The summed E-state index contributed by atoms with van der Waals surface area (Å²) >= 11 is 6.18. The van der Waals surface area contributed by atoms with Gasteiger partial charge in [-0.15, -0.1) is 0 Å². The molecule has 24 heavy (non-hydrogen) atoms. The Morgan fingerprint density at radius 2 is 1.96 bits per heavy atom. The average molecular weight is 340 g/mol. The lowest BCUT2D eigenvalue weighted by Crippen LogP contribution is -2.39. The van der Waals surface area contributed by atoms with Crippen LogP contribution in [-0.2, 0) is 0 Å². The molecule has 0 radical (unpaired) electrons. The Labute approximate surface area is 145 Å². The van der Waals surface area contributed by atoms with Gasteiger partial charge >= 0.3 is 0 Å². The molecule has 2 aromatic carbocycles. The Balaban J connectivity index is 1.57. The first-order chi connectivity index (χ1) is 11.7. The smallest absolute Gasteiger partial charge is 0.255 e. The number of carbonyl (C=O) groups excluding carboxylic acids is 1. The fraction of sp³-hybridized carbons (Fsp3) is 0.263. The van der Waals surface area contributed by atoms with Gasteiger partial charge in [0.15, 0.2) is 0 Å². The Hall–Kier alpha value is -2.33. The second kappa shape index (κ2) is 6.29. The van der Waals surface area contributed by atoms with Gasteiger partial charge in [-0.1, -0.05) is 35.9 Å². The van der Waals surface area contributed by atoms with Gasteiger partial charge in [0.05, 0.1) is 21.6 Å². The van der Waals surface area contributed by atoms with E-state index in [0.717, 1.165) is 36.2 Å². The number of para-hydroxylation sites is 2. The number of rotatable bonds is 2. The van der Waals surface area contributed by atoms with E-state index < -0.39 is 0 Å². The van der Waals surface area contributed by atoms with Crippen molar-refractivity contribution in [2.24, 2.45) is 0 Å². The van der Waals surface area contributed by atoms with Gasteiger partial charge in [0.1, 0.15) is 5.82 Å². The molecule has 1 aliphatic heterocycles. The minimum atomic E-state index is 0.00131. The molecule has 3 aromatic rings. The molecule has 4 nitrogen and oxygen atoms in total. The maximum absolute atomic E-state index is 12.8. The Morgan fingerprint density at radius 3 is 2.79 bits per heavy atom. The van der Waals surface area contributed by atoms with E-state index in [1.54, 1.807) is 12.1 Å². The third-order valence-electron chi connectivity index (χ3n) is 4.61. The van der Waals surface area contributed by atoms with Crippen LogP contribution in [-0.4, -0.2) is 33.9 Å². The molecule has 4 rings (SSSR count). The minimum Gasteiger partial charge on any atom is -0.342 e. The van der Waals surface area contributed by atoms with Crippen LogP contribution in [0.2, 0.25) is 5.02 Å². The minimum absolute atomic E-state index is 0.00131. The van der Waals surface area contributed by atoms with Gasteiger partial charge < -0.3 is 9.88 Å². The van der Waals surface area contributed by atoms with Crippen LogP contribution in [0.15, 0.2) is 48.5 Å². The number of nitrogens with one attached hydrogen (secondary N) is 1. The molecule has 0 saturated carbocycles. The molecule has 122 valence electrons. The number of benzene rings is 2. The van der Waals surface area contributed by atoms with Crippen LogP contribution >= 0.6 is 11.6 Å². The van der Waals surface area contributed by atoms with Gasteiger partial charge in [0.25, 0.3) is 5.91 Å². The number of H-pyrrole nitrogens is 1. The summed E-state index contributed by atoms with van der Waals surface area (Å²) in [6.07, 6.45) is 2.00. The normalized spacial score (nSPS) is 18.0. The lowest BCUT2D eigenvalue weighted by molar-refractivity contribution is 0.0705. The van der Waals surface area contributed by atoms with E-state index in [9.17, 15) is 4.79 Å². The molecule has 1 fully saturated rings. The number of halogens is 1. The highest BCUT2D eigenvalue weighted by molar-refractivity contribution is 6.33. The van der Waals surface area contributed by atoms with Crippen LogP contribution in [0, 0.1) is 0 Å². The highest BCUT2D eigenvalue weighted by Gasteiger charge is 2.28. The number of likely N-dealkylation sites (tertiary alicyclic amines) is 1. The van der Waals surface area contributed by atoms with Crippen molar-refractivity contribution in [1.82, 2.24) is 14.9 Å². The summed E-state index contributed by atoms with van der Waals surface area (Å²) in [5, 5.41) is 0.508. The maximum atomic E-state index is 12.8. The van der Waals surface area contributed by atoms with Gasteiger partial charge in [-0.25, -0.2) is 4.98 Å². The number of nitrogens with zero attached hydrogens (tertiary/aromatic N) is 2. The largest absolute Gasteiger partial charge is 0.342 e. The summed E-state index contributed by atoms with van der Waals surface area (Å²) in [5.74, 6) is 1.20. The highest BCUT2D eigenvalue weighted by atomic mass is 35.5. The Kier molecular flexibility index (Phi) is 3.98. The first kappa shape index (κ1) is 15.2. The number of hydrogen-bond donors (Lipinski definition) is 1. The number of piperidine rings is 1. The molecule has 0 spiro atoms. The summed E-state index contributed by atoms with van der Waals surface area (Å²) in [6, 6.07) is 15.3. The number of amides is 1. The predicted molar refractivity (Wildman–Crippen MR) is 95.4 cm³/mol. The van der Waals surface area contributed by atoms with Crippen molar-refractivity contribution in [2.45, 2.75) is 18.8 Å². The molecule has 1 aliphatic rings. The Morgan fingerprint density at radius 1 is 1.17 bits per heavy atom. The zero-order valence-electron chi connectivity index (χ0n) is 13.2. The third kappa shape index (κ3) is 2.78. The van der Waals surface area contributed by atoms with Gasteiger partial charge in [-0.05, 0) is 37.1 Å². The van der Waals surface area contributed by atoms with Crippen molar-refractivity contribution >= 4 is 28.5 Å². The third-order valence-corrected chi connectivity index (χ3v) is 4.94. The van der Waals surface area contributed by atoms with Gasteiger partial charge in [-0.3, -0.25) is 4.79 Å².